The van der Waals surface area contributed by atoms with E-state index >= 15 is 0 Å². The molecule has 0 aliphatic rings. The first-order valence-electron chi connectivity index (χ1n) is 7.39. The minimum atomic E-state index is -3.61. The van der Waals surface area contributed by atoms with Crippen molar-refractivity contribution in [3.05, 3.63) is 18.3 Å². The highest BCUT2D eigenvalue weighted by atomic mass is 32.2. The SMILES string of the molecule is CCCNc1cccnc1S(=O)(=O)NCC(C)(C)C(C)C. The Bertz CT molecular complexity index is 554. The van der Waals surface area contributed by atoms with Crippen LogP contribution in [0.15, 0.2) is 23.4 Å². The van der Waals surface area contributed by atoms with Gasteiger partial charge in [-0.1, -0.05) is 34.6 Å². The van der Waals surface area contributed by atoms with Crippen LogP contribution in [0.3, 0.4) is 0 Å². The van der Waals surface area contributed by atoms with Gasteiger partial charge in [-0.2, -0.15) is 0 Å². The van der Waals surface area contributed by atoms with Gasteiger partial charge in [0.2, 0.25) is 0 Å². The van der Waals surface area contributed by atoms with E-state index in [1.54, 1.807) is 12.1 Å². The van der Waals surface area contributed by atoms with Gasteiger partial charge in [0.05, 0.1) is 5.69 Å². The Labute approximate surface area is 128 Å². The van der Waals surface area contributed by atoms with Gasteiger partial charge >= 0.3 is 0 Å². The molecular weight excluding hydrogens is 286 g/mol. The normalized spacial score (nSPS) is 12.7. The predicted octanol–water partition coefficient (Wildman–Crippen LogP) is 2.86. The molecule has 1 aromatic rings. The number of anilines is 1. The lowest BCUT2D eigenvalue weighted by atomic mass is 9.81. The molecule has 0 bridgehead atoms. The molecule has 1 rings (SSSR count). The maximum absolute atomic E-state index is 12.5. The Morgan fingerprint density at radius 2 is 2.00 bits per heavy atom. The van der Waals surface area contributed by atoms with E-state index < -0.39 is 10.0 Å². The van der Waals surface area contributed by atoms with E-state index in [0.29, 0.717) is 24.7 Å². The molecule has 0 aromatic carbocycles. The molecule has 0 atom stereocenters. The van der Waals surface area contributed by atoms with Crippen molar-refractivity contribution in [2.24, 2.45) is 11.3 Å². The van der Waals surface area contributed by atoms with Crippen LogP contribution in [0, 0.1) is 11.3 Å². The lowest BCUT2D eigenvalue weighted by Gasteiger charge is -2.29. The van der Waals surface area contributed by atoms with E-state index in [2.05, 4.69) is 42.7 Å². The number of nitrogens with one attached hydrogen (secondary N) is 2. The van der Waals surface area contributed by atoms with Crippen molar-refractivity contribution in [3.8, 4) is 0 Å². The summed E-state index contributed by atoms with van der Waals surface area (Å²) >= 11 is 0. The number of hydrogen-bond acceptors (Lipinski definition) is 4. The molecule has 0 radical (unpaired) electrons. The zero-order chi connectivity index (χ0) is 16.1. The molecule has 21 heavy (non-hydrogen) atoms. The van der Waals surface area contributed by atoms with Crippen LogP contribution in [-0.4, -0.2) is 26.5 Å². The van der Waals surface area contributed by atoms with Crippen molar-refractivity contribution in [2.45, 2.75) is 46.1 Å². The Kier molecular flexibility index (Phi) is 6.16. The van der Waals surface area contributed by atoms with Crippen molar-refractivity contribution in [1.29, 1.82) is 0 Å². The zero-order valence-corrected chi connectivity index (χ0v) is 14.4. The number of aromatic nitrogens is 1. The molecular formula is C15H27N3O2S. The van der Waals surface area contributed by atoms with Crippen molar-refractivity contribution in [1.82, 2.24) is 9.71 Å². The molecule has 120 valence electrons. The summed E-state index contributed by atoms with van der Waals surface area (Å²) in [6, 6.07) is 3.47. The Hall–Kier alpha value is -1.14. The quantitative estimate of drug-likeness (QED) is 0.774. The zero-order valence-electron chi connectivity index (χ0n) is 13.6. The van der Waals surface area contributed by atoms with Gasteiger partial charge in [0.25, 0.3) is 10.0 Å². The first-order valence-corrected chi connectivity index (χ1v) is 8.87. The average Bonchev–Trinajstić information content (AvgIpc) is 2.43. The molecule has 2 N–H and O–H groups in total. The fraction of sp³-hybridized carbons (Fsp3) is 0.667. The summed E-state index contributed by atoms with van der Waals surface area (Å²) in [4.78, 5) is 4.04. The van der Waals surface area contributed by atoms with Crippen molar-refractivity contribution < 1.29 is 8.42 Å². The maximum Gasteiger partial charge on any atom is 0.260 e. The largest absolute Gasteiger partial charge is 0.383 e. The number of nitrogens with zero attached hydrogens (tertiary/aromatic N) is 1. The number of sulfonamides is 1. The van der Waals surface area contributed by atoms with Crippen LogP contribution in [0.25, 0.3) is 0 Å². The van der Waals surface area contributed by atoms with Gasteiger partial charge in [0.1, 0.15) is 0 Å². The fourth-order valence-electron chi connectivity index (χ4n) is 1.55. The molecule has 6 heteroatoms. The van der Waals surface area contributed by atoms with E-state index in [-0.39, 0.29) is 10.4 Å². The van der Waals surface area contributed by atoms with Crippen LogP contribution in [0.5, 0.6) is 0 Å². The second-order valence-electron chi connectivity index (χ2n) is 6.25. The average molecular weight is 313 g/mol. The summed E-state index contributed by atoms with van der Waals surface area (Å²) in [7, 11) is -3.61. The smallest absolute Gasteiger partial charge is 0.260 e. The molecule has 1 aromatic heterocycles. The maximum atomic E-state index is 12.5. The standard InChI is InChI=1S/C15H27N3O2S/c1-6-9-16-13-8-7-10-17-14(13)21(19,20)18-11-15(4,5)12(2)3/h7-8,10,12,16,18H,6,9,11H2,1-5H3. The summed E-state index contributed by atoms with van der Waals surface area (Å²) < 4.78 is 27.6. The molecule has 0 amide bonds. The molecule has 0 aliphatic carbocycles. The van der Waals surface area contributed by atoms with Crippen molar-refractivity contribution in [2.75, 3.05) is 18.4 Å². The second-order valence-corrected chi connectivity index (χ2v) is 7.93. The highest BCUT2D eigenvalue weighted by molar-refractivity contribution is 7.89. The van der Waals surface area contributed by atoms with Gasteiger partial charge in [-0.25, -0.2) is 18.1 Å². The van der Waals surface area contributed by atoms with E-state index in [4.69, 9.17) is 0 Å². The summed E-state index contributed by atoms with van der Waals surface area (Å²) in [6.45, 7) is 11.4. The predicted molar refractivity (Wildman–Crippen MR) is 86.8 cm³/mol. The first-order chi connectivity index (χ1) is 9.70. The van der Waals surface area contributed by atoms with E-state index in [9.17, 15) is 8.42 Å². The molecule has 0 saturated heterocycles. The molecule has 0 unspecified atom stereocenters. The summed E-state index contributed by atoms with van der Waals surface area (Å²) in [5, 5.41) is 3.17. The number of hydrogen-bond donors (Lipinski definition) is 2. The van der Waals surface area contributed by atoms with E-state index in [0.717, 1.165) is 6.42 Å². The summed E-state index contributed by atoms with van der Waals surface area (Å²) in [6.07, 6.45) is 2.42. The third kappa shape index (κ3) is 4.97. The number of pyridine rings is 1. The fourth-order valence-corrected chi connectivity index (χ4v) is 2.88. The molecule has 0 saturated carbocycles. The van der Waals surface area contributed by atoms with Crippen LogP contribution in [0.4, 0.5) is 5.69 Å². The Balaban J connectivity index is 2.93. The van der Waals surface area contributed by atoms with Crippen LogP contribution in [0.1, 0.15) is 41.0 Å². The topological polar surface area (TPSA) is 71.1 Å². The van der Waals surface area contributed by atoms with Crippen molar-refractivity contribution in [3.63, 3.8) is 0 Å². The molecule has 0 spiro atoms. The van der Waals surface area contributed by atoms with Crippen LogP contribution in [-0.2, 0) is 10.0 Å². The summed E-state index contributed by atoms with van der Waals surface area (Å²) in [5.41, 5.74) is 0.438. The lowest BCUT2D eigenvalue weighted by Crippen LogP contribution is -2.37. The monoisotopic (exact) mass is 313 g/mol. The van der Waals surface area contributed by atoms with Gasteiger partial charge < -0.3 is 5.32 Å². The highest BCUT2D eigenvalue weighted by Gasteiger charge is 2.27. The minimum absolute atomic E-state index is 0.0676. The molecule has 1 heterocycles. The van der Waals surface area contributed by atoms with Crippen LogP contribution in [0.2, 0.25) is 0 Å². The van der Waals surface area contributed by atoms with Crippen molar-refractivity contribution >= 4 is 15.7 Å². The highest BCUT2D eigenvalue weighted by Crippen LogP contribution is 2.26. The number of rotatable bonds is 8. The lowest BCUT2D eigenvalue weighted by molar-refractivity contribution is 0.252. The van der Waals surface area contributed by atoms with Gasteiger partial charge in [-0.15, -0.1) is 0 Å². The molecule has 0 fully saturated rings. The third-order valence-electron chi connectivity index (χ3n) is 3.87. The summed E-state index contributed by atoms with van der Waals surface area (Å²) in [5.74, 6) is 0.376. The minimum Gasteiger partial charge on any atom is -0.383 e. The Morgan fingerprint density at radius 3 is 2.57 bits per heavy atom. The Morgan fingerprint density at radius 1 is 1.33 bits per heavy atom. The second kappa shape index (κ2) is 7.22. The van der Waals surface area contributed by atoms with Crippen LogP contribution >= 0.6 is 0 Å². The first kappa shape index (κ1) is 17.9. The molecule has 5 nitrogen and oxygen atoms in total. The molecule has 0 aliphatic heterocycles. The van der Waals surface area contributed by atoms with E-state index in [1.807, 2.05) is 6.92 Å². The van der Waals surface area contributed by atoms with Gasteiger partial charge in [-0.05, 0) is 29.9 Å². The third-order valence-corrected chi connectivity index (χ3v) is 5.23. The van der Waals surface area contributed by atoms with Gasteiger partial charge in [0, 0.05) is 19.3 Å². The van der Waals surface area contributed by atoms with Gasteiger partial charge in [0.15, 0.2) is 5.03 Å². The van der Waals surface area contributed by atoms with Gasteiger partial charge in [-0.3, -0.25) is 0 Å². The van der Waals surface area contributed by atoms with E-state index in [1.165, 1.54) is 6.20 Å². The van der Waals surface area contributed by atoms with Crippen LogP contribution < -0.4 is 10.0 Å².